The molecule has 20 N–H and O–H groups in total. The van der Waals surface area contributed by atoms with E-state index in [1.54, 1.807) is 0 Å². The van der Waals surface area contributed by atoms with Gasteiger partial charge in [-0.05, 0) is 0 Å². The third-order valence-electron chi connectivity index (χ3n) is 0. The Kier molecular flexibility index (Phi) is 7720. The van der Waals surface area contributed by atoms with Crippen LogP contribution in [0.5, 0.6) is 0 Å². The first-order valence-corrected chi connectivity index (χ1v) is 0.749. The molecule has 0 saturated heterocycles. The molecular weight excluding hydrogens is 338 g/mol. The fourth-order valence-electron chi connectivity index (χ4n) is 0. The molecule has 0 aliphatic carbocycles. The van der Waals surface area contributed by atoms with Crippen LogP contribution in [0.1, 0.15) is 0 Å². The molecule has 17 heavy (non-hydrogen) atoms. The standard InChI is InChI=1S/2Co.H2NO3.9H2N.O2/c;;2-1(3)4;;;;;;;;;;1-2/h;;(H2,2,3,4);9*1H2;/q;+3;+1;9*-1;-2. The van der Waals surface area contributed by atoms with E-state index in [1.807, 2.05) is 0 Å². The van der Waals surface area contributed by atoms with Gasteiger partial charge in [0.1, 0.15) is 4.91 Å². The van der Waals surface area contributed by atoms with Gasteiger partial charge in [0.2, 0.25) is 0 Å². The average molecular weight is 358 g/mol. The van der Waals surface area contributed by atoms with Gasteiger partial charge in [0, 0.05) is 16.8 Å². The molecule has 0 fully saturated rings. The smallest absolute Gasteiger partial charge is 1.00 e. The summed E-state index contributed by atoms with van der Waals surface area (Å²) in [6.45, 7) is 0. The first-order valence-electron chi connectivity index (χ1n) is 0.749. The van der Waals surface area contributed by atoms with E-state index < -0.39 is 5.09 Å². The van der Waals surface area contributed by atoms with Crippen molar-refractivity contribution < 1.29 is 59.6 Å². The fraction of sp³-hybridized carbons (Fsp3) is 0. The Morgan fingerprint density at radius 2 is 0.647 bits per heavy atom. The maximum atomic E-state index is 8.47. The Bertz CT molecular complexity index is 45.7. The molecular formula is H20Co2N10O5-7. The van der Waals surface area contributed by atoms with Gasteiger partial charge in [0.15, 0.2) is 0 Å². The van der Waals surface area contributed by atoms with Gasteiger partial charge in [-0.15, -0.1) is 0 Å². The van der Waals surface area contributed by atoms with Crippen LogP contribution in [-0.2, 0) is 33.6 Å². The van der Waals surface area contributed by atoms with Crippen LogP contribution in [0.3, 0.4) is 0 Å². The summed E-state index contributed by atoms with van der Waals surface area (Å²) in [4.78, 5) is 8.47. The van der Waals surface area contributed by atoms with Crippen molar-refractivity contribution >= 4 is 0 Å². The van der Waals surface area contributed by atoms with Crippen LogP contribution in [0.15, 0.2) is 0 Å². The molecule has 0 bridgehead atoms. The summed E-state index contributed by atoms with van der Waals surface area (Å²) in [5.41, 5.74) is 0. The number of hydrogen-bond acceptors (Lipinski definition) is 3. The summed E-state index contributed by atoms with van der Waals surface area (Å²) in [6.07, 6.45) is 0. The molecule has 0 amide bonds. The first-order chi connectivity index (χ1) is 2.73. The Morgan fingerprint density at radius 3 is 0.647 bits per heavy atom. The number of rotatable bonds is 0. The Hall–Kier alpha value is -0.227. The zero-order valence-electron chi connectivity index (χ0n) is 8.43. The number of nitrogens with zero attached hydrogens (tertiary/aromatic N) is 1. The summed E-state index contributed by atoms with van der Waals surface area (Å²) in [5.74, 6) is 0. The summed E-state index contributed by atoms with van der Waals surface area (Å²) >= 11 is 0. The van der Waals surface area contributed by atoms with Crippen molar-refractivity contribution in [1.82, 2.24) is 0 Å². The minimum Gasteiger partial charge on any atom is -1.00 e. The molecule has 0 aliphatic heterocycles. The molecule has 0 atom stereocenters. The third kappa shape index (κ3) is 58100. The van der Waals surface area contributed by atoms with Crippen LogP contribution in [0.25, 0.3) is 55.4 Å². The molecule has 0 spiro atoms. The van der Waals surface area contributed by atoms with Gasteiger partial charge in [-0.1, -0.05) is 0 Å². The minimum atomic E-state index is -1.25. The van der Waals surface area contributed by atoms with Crippen molar-refractivity contribution in [2.24, 2.45) is 0 Å². The van der Waals surface area contributed by atoms with Gasteiger partial charge in [-0.2, -0.15) is 0 Å². The van der Waals surface area contributed by atoms with E-state index in [0.717, 1.165) is 0 Å². The fourth-order valence-corrected chi connectivity index (χ4v) is 0. The van der Waals surface area contributed by atoms with Crippen molar-refractivity contribution in [3.8, 4) is 0 Å². The van der Waals surface area contributed by atoms with Gasteiger partial charge in [-0.3, -0.25) is 0 Å². The van der Waals surface area contributed by atoms with E-state index >= 15 is 0 Å². The van der Waals surface area contributed by atoms with Crippen LogP contribution in [0.2, 0.25) is 0 Å². The molecule has 15 nitrogen and oxygen atoms in total. The maximum Gasteiger partial charge on any atom is 3.00 e. The molecule has 0 aromatic heterocycles. The number of nitrogens with two attached hydrogens (primary N) is 9. The first kappa shape index (κ1) is 293. The van der Waals surface area contributed by atoms with Crippen molar-refractivity contribution in [2.45, 2.75) is 0 Å². The Balaban J connectivity index is -0.00000000108. The molecule has 0 aliphatic rings. The van der Waals surface area contributed by atoms with Gasteiger partial charge in [0.25, 0.3) is 0 Å². The Labute approximate surface area is 120 Å². The predicted octanol–water partition coefficient (Wildman–Crippen LogP) is 3.61. The third-order valence-corrected chi connectivity index (χ3v) is 0. The summed E-state index contributed by atoms with van der Waals surface area (Å²) in [5, 5.41) is 26.5. The largest absolute Gasteiger partial charge is 3.00 e. The summed E-state index contributed by atoms with van der Waals surface area (Å²) in [7, 11) is 0. The van der Waals surface area contributed by atoms with Crippen molar-refractivity contribution in [1.29, 1.82) is 0 Å². The molecule has 0 aromatic carbocycles. The molecule has 17 heteroatoms. The second-order valence-corrected chi connectivity index (χ2v) is 0.253. The molecule has 0 unspecified atom stereocenters. The van der Waals surface area contributed by atoms with Crippen molar-refractivity contribution in [3.05, 3.63) is 60.3 Å². The van der Waals surface area contributed by atoms with Crippen molar-refractivity contribution in [2.75, 3.05) is 0 Å². The van der Waals surface area contributed by atoms with E-state index in [2.05, 4.69) is 0 Å². The molecule has 0 saturated carbocycles. The van der Waals surface area contributed by atoms with Crippen LogP contribution >= 0.6 is 0 Å². The van der Waals surface area contributed by atoms with Crippen LogP contribution in [0, 0.1) is 4.91 Å². The molecule has 0 aromatic rings. The van der Waals surface area contributed by atoms with E-state index in [4.69, 9.17) is 25.8 Å². The second-order valence-electron chi connectivity index (χ2n) is 0.253. The summed E-state index contributed by atoms with van der Waals surface area (Å²) in [6, 6.07) is 0. The van der Waals surface area contributed by atoms with Crippen LogP contribution < -0.4 is 10.5 Å². The quantitative estimate of drug-likeness (QED) is 0.481. The van der Waals surface area contributed by atoms with Gasteiger partial charge in [0.05, 0.1) is 0 Å². The summed E-state index contributed by atoms with van der Waals surface area (Å²) < 4.78 is 0. The van der Waals surface area contributed by atoms with Gasteiger partial charge >= 0.3 is 21.9 Å². The second kappa shape index (κ2) is 448. The van der Waals surface area contributed by atoms with Crippen LogP contribution in [-0.4, -0.2) is 15.5 Å². The zero-order chi connectivity index (χ0) is 5.58. The van der Waals surface area contributed by atoms with Crippen molar-refractivity contribution in [3.63, 3.8) is 0 Å². The number of hydrogen-bond donors (Lipinski definition) is 2. The SMILES string of the molecule is O=[N+](O)O.[Co+3].[Co].[NH2-].[NH2-].[NH2-].[NH2-].[NH2-].[NH2-].[NH2-].[NH2-].[NH2-].[O-][O-]. The monoisotopic (exact) mass is 358 g/mol. The van der Waals surface area contributed by atoms with E-state index in [0.29, 0.717) is 0 Å². The average Bonchev–Trinajstić information content (AvgIpc) is 1.41. The predicted molar refractivity (Wildman–Crippen MR) is 54.8 cm³/mol. The van der Waals surface area contributed by atoms with Gasteiger partial charge < -0.3 is 65.9 Å². The normalized spacial score (nSPS) is 1.76. The minimum absolute atomic E-state index is 0. The zero-order valence-corrected chi connectivity index (χ0v) is 10.5. The topological polar surface area (TPSA) is 408 Å². The van der Waals surface area contributed by atoms with E-state index in [1.165, 1.54) is 0 Å². The van der Waals surface area contributed by atoms with Crippen LogP contribution in [0.4, 0.5) is 0 Å². The Morgan fingerprint density at radius 1 is 0.647 bits per heavy atom. The molecule has 0 rings (SSSR count). The molecule has 1 radical (unpaired) electrons. The maximum absolute atomic E-state index is 8.47. The molecule has 125 valence electrons. The molecule has 0 heterocycles. The van der Waals surface area contributed by atoms with E-state index in [-0.39, 0.29) is 88.9 Å². The van der Waals surface area contributed by atoms with Gasteiger partial charge in [-0.25, -0.2) is 10.4 Å². The van der Waals surface area contributed by atoms with E-state index in [9.17, 15) is 0 Å².